The molecule has 3 aromatic rings. The third-order valence-electron chi connectivity index (χ3n) is 4.99. The zero-order valence-corrected chi connectivity index (χ0v) is 14.6. The van der Waals surface area contributed by atoms with Crippen molar-refractivity contribution in [3.8, 4) is 11.3 Å². The highest BCUT2D eigenvalue weighted by atomic mass is 19.4. The standard InChI is InChI=1S/C19H20F3N5/c20-19(21,22)15-10-25-18(26-12-5-3-4-11(23)8-12)27-17(15)14-9-24-16-7-2-1-6-13(14)16/h1-2,6-7,9-12,24H,3-5,8,23H2,(H,25,26,27)/t11-,12+/m0/s1. The molecule has 1 fully saturated rings. The average molecular weight is 375 g/mol. The summed E-state index contributed by atoms with van der Waals surface area (Å²) in [5, 5.41) is 3.85. The van der Waals surface area contributed by atoms with Gasteiger partial charge in [-0.05, 0) is 31.7 Å². The van der Waals surface area contributed by atoms with Gasteiger partial charge in [0.25, 0.3) is 0 Å². The van der Waals surface area contributed by atoms with Crippen molar-refractivity contribution < 1.29 is 13.2 Å². The summed E-state index contributed by atoms with van der Waals surface area (Å²) < 4.78 is 40.7. The third kappa shape index (κ3) is 3.62. The molecule has 0 amide bonds. The van der Waals surface area contributed by atoms with Crippen molar-refractivity contribution in [3.63, 3.8) is 0 Å². The molecule has 0 spiro atoms. The molecular formula is C19H20F3N5. The van der Waals surface area contributed by atoms with Gasteiger partial charge in [0, 0.05) is 40.9 Å². The lowest BCUT2D eigenvalue weighted by molar-refractivity contribution is -0.137. The first-order chi connectivity index (χ1) is 12.9. The van der Waals surface area contributed by atoms with Crippen LogP contribution in [0.25, 0.3) is 22.2 Å². The number of rotatable bonds is 3. The summed E-state index contributed by atoms with van der Waals surface area (Å²) in [5.74, 6) is 0.197. The summed E-state index contributed by atoms with van der Waals surface area (Å²) in [7, 11) is 0. The van der Waals surface area contributed by atoms with E-state index >= 15 is 0 Å². The number of aromatic nitrogens is 3. The molecule has 0 aliphatic heterocycles. The molecule has 1 aliphatic rings. The smallest absolute Gasteiger partial charge is 0.360 e. The lowest BCUT2D eigenvalue weighted by Gasteiger charge is -2.27. The summed E-state index contributed by atoms with van der Waals surface area (Å²) in [6.07, 6.45) is 1.48. The van der Waals surface area contributed by atoms with Crippen molar-refractivity contribution in [3.05, 3.63) is 42.2 Å². The average Bonchev–Trinajstić information content (AvgIpc) is 3.05. The predicted octanol–water partition coefficient (Wildman–Crippen LogP) is 4.33. The molecule has 2 heterocycles. The quantitative estimate of drug-likeness (QED) is 0.637. The highest BCUT2D eigenvalue weighted by Gasteiger charge is 2.36. The van der Waals surface area contributed by atoms with Crippen LogP contribution in [-0.4, -0.2) is 27.0 Å². The molecule has 2 aromatic heterocycles. The van der Waals surface area contributed by atoms with Gasteiger partial charge < -0.3 is 16.0 Å². The zero-order chi connectivity index (χ0) is 19.0. The van der Waals surface area contributed by atoms with Crippen LogP contribution >= 0.6 is 0 Å². The first kappa shape index (κ1) is 17.8. The van der Waals surface area contributed by atoms with Gasteiger partial charge in [-0.3, -0.25) is 0 Å². The Bertz CT molecular complexity index is 950. The predicted molar refractivity (Wildman–Crippen MR) is 98.2 cm³/mol. The van der Waals surface area contributed by atoms with E-state index < -0.39 is 11.7 Å². The molecule has 27 heavy (non-hydrogen) atoms. The van der Waals surface area contributed by atoms with Crippen molar-refractivity contribution >= 4 is 16.9 Å². The lowest BCUT2D eigenvalue weighted by atomic mass is 9.92. The van der Waals surface area contributed by atoms with Crippen molar-refractivity contribution in [2.24, 2.45) is 5.73 Å². The molecule has 1 aliphatic carbocycles. The molecule has 0 bridgehead atoms. The Hall–Kier alpha value is -2.61. The molecule has 5 nitrogen and oxygen atoms in total. The van der Waals surface area contributed by atoms with Crippen molar-refractivity contribution in [2.75, 3.05) is 5.32 Å². The van der Waals surface area contributed by atoms with E-state index in [4.69, 9.17) is 5.73 Å². The number of halogens is 3. The number of hydrogen-bond donors (Lipinski definition) is 3. The Morgan fingerprint density at radius 1 is 1.19 bits per heavy atom. The molecule has 142 valence electrons. The largest absolute Gasteiger partial charge is 0.419 e. The van der Waals surface area contributed by atoms with Gasteiger partial charge >= 0.3 is 6.18 Å². The van der Waals surface area contributed by atoms with Crippen LogP contribution in [0.3, 0.4) is 0 Å². The minimum absolute atomic E-state index is 0.0707. The number of alkyl halides is 3. The Morgan fingerprint density at radius 2 is 2.00 bits per heavy atom. The van der Waals surface area contributed by atoms with E-state index in [1.165, 1.54) is 0 Å². The van der Waals surface area contributed by atoms with E-state index in [1.807, 2.05) is 12.1 Å². The number of benzene rings is 1. The van der Waals surface area contributed by atoms with Gasteiger partial charge in [0.05, 0.1) is 5.69 Å². The number of aromatic amines is 1. The molecule has 0 unspecified atom stereocenters. The molecule has 0 saturated heterocycles. The summed E-state index contributed by atoms with van der Waals surface area (Å²) in [5.41, 5.74) is 6.18. The number of anilines is 1. The maximum Gasteiger partial charge on any atom is 0.419 e. The van der Waals surface area contributed by atoms with Crippen LogP contribution in [-0.2, 0) is 6.18 Å². The second-order valence-corrected chi connectivity index (χ2v) is 6.97. The number of fused-ring (bicyclic) bond motifs is 1. The monoisotopic (exact) mass is 375 g/mol. The van der Waals surface area contributed by atoms with Crippen LogP contribution < -0.4 is 11.1 Å². The zero-order valence-electron chi connectivity index (χ0n) is 14.6. The minimum atomic E-state index is -4.54. The van der Waals surface area contributed by atoms with Gasteiger partial charge in [-0.25, -0.2) is 9.97 Å². The van der Waals surface area contributed by atoms with Gasteiger partial charge in [-0.1, -0.05) is 18.2 Å². The number of para-hydroxylation sites is 1. The van der Waals surface area contributed by atoms with E-state index in [0.29, 0.717) is 10.9 Å². The van der Waals surface area contributed by atoms with Crippen LogP contribution in [0.1, 0.15) is 31.2 Å². The lowest BCUT2D eigenvalue weighted by Crippen LogP contribution is -2.35. The first-order valence-electron chi connectivity index (χ1n) is 8.94. The van der Waals surface area contributed by atoms with Crippen molar-refractivity contribution in [1.29, 1.82) is 0 Å². The molecule has 4 N–H and O–H groups in total. The fourth-order valence-electron chi connectivity index (χ4n) is 3.67. The minimum Gasteiger partial charge on any atom is -0.360 e. The number of nitrogens with two attached hydrogens (primary N) is 1. The molecule has 0 radical (unpaired) electrons. The Labute approximate surface area is 154 Å². The molecule has 8 heteroatoms. The number of nitrogens with one attached hydrogen (secondary N) is 2. The highest BCUT2D eigenvalue weighted by molar-refractivity contribution is 5.95. The maximum absolute atomic E-state index is 13.6. The summed E-state index contributed by atoms with van der Waals surface area (Å²) in [6.45, 7) is 0. The van der Waals surface area contributed by atoms with E-state index in [9.17, 15) is 13.2 Å². The molecule has 4 rings (SSSR count). The van der Waals surface area contributed by atoms with E-state index in [0.717, 1.165) is 37.4 Å². The van der Waals surface area contributed by atoms with Crippen LogP contribution in [0.5, 0.6) is 0 Å². The second kappa shape index (κ2) is 6.84. The van der Waals surface area contributed by atoms with Crippen molar-refractivity contribution in [2.45, 2.75) is 43.9 Å². The van der Waals surface area contributed by atoms with E-state index in [-0.39, 0.29) is 23.7 Å². The van der Waals surface area contributed by atoms with Gasteiger partial charge in [0.2, 0.25) is 5.95 Å². The van der Waals surface area contributed by atoms with Crippen LogP contribution in [0, 0.1) is 0 Å². The van der Waals surface area contributed by atoms with Crippen LogP contribution in [0.4, 0.5) is 19.1 Å². The number of H-pyrrole nitrogens is 1. The number of nitrogens with zero attached hydrogens (tertiary/aromatic N) is 2. The summed E-state index contributed by atoms with van der Waals surface area (Å²) in [6, 6.07) is 7.37. The molecule has 1 saturated carbocycles. The third-order valence-corrected chi connectivity index (χ3v) is 4.99. The van der Waals surface area contributed by atoms with Crippen LogP contribution in [0.15, 0.2) is 36.7 Å². The SMILES string of the molecule is N[C@H]1CCC[C@@H](Nc2ncc(C(F)(F)F)c(-c3c[nH]c4ccccc34)n2)C1. The highest BCUT2D eigenvalue weighted by Crippen LogP contribution is 2.38. The van der Waals surface area contributed by atoms with Gasteiger partial charge in [-0.15, -0.1) is 0 Å². The van der Waals surface area contributed by atoms with E-state index in [1.54, 1.807) is 18.3 Å². The normalized spacial score (nSPS) is 20.7. The topological polar surface area (TPSA) is 79.6 Å². The summed E-state index contributed by atoms with van der Waals surface area (Å²) >= 11 is 0. The fraction of sp³-hybridized carbons (Fsp3) is 0.368. The van der Waals surface area contributed by atoms with Gasteiger partial charge in [0.15, 0.2) is 0 Å². The Kier molecular flexibility index (Phi) is 4.51. The summed E-state index contributed by atoms with van der Waals surface area (Å²) in [4.78, 5) is 11.2. The fourth-order valence-corrected chi connectivity index (χ4v) is 3.67. The van der Waals surface area contributed by atoms with E-state index in [2.05, 4.69) is 20.3 Å². The Morgan fingerprint density at radius 3 is 2.78 bits per heavy atom. The second-order valence-electron chi connectivity index (χ2n) is 6.97. The first-order valence-corrected chi connectivity index (χ1v) is 8.94. The van der Waals surface area contributed by atoms with Crippen LogP contribution in [0.2, 0.25) is 0 Å². The van der Waals surface area contributed by atoms with Gasteiger partial charge in [-0.2, -0.15) is 13.2 Å². The maximum atomic E-state index is 13.6. The molecular weight excluding hydrogens is 355 g/mol. The van der Waals surface area contributed by atoms with Crippen molar-refractivity contribution in [1.82, 2.24) is 15.0 Å². The van der Waals surface area contributed by atoms with Gasteiger partial charge in [0.1, 0.15) is 5.56 Å². The molecule has 1 aromatic carbocycles. The Balaban J connectivity index is 1.76. The molecule has 2 atom stereocenters. The number of hydrogen-bond acceptors (Lipinski definition) is 4.